The van der Waals surface area contributed by atoms with Crippen molar-refractivity contribution in [1.29, 1.82) is 0 Å². The van der Waals surface area contributed by atoms with Crippen molar-refractivity contribution in [2.45, 2.75) is 39.7 Å². The van der Waals surface area contributed by atoms with Crippen LogP contribution in [0.5, 0.6) is 0 Å². The summed E-state index contributed by atoms with van der Waals surface area (Å²) in [6.07, 6.45) is 0.927. The van der Waals surface area contributed by atoms with Gasteiger partial charge in [-0.1, -0.05) is 20.8 Å². The Morgan fingerprint density at radius 3 is 2.50 bits per heavy atom. The van der Waals surface area contributed by atoms with Gasteiger partial charge in [-0.05, 0) is 17.8 Å². The molecule has 0 saturated carbocycles. The molecule has 3 N–H and O–H groups in total. The molecule has 0 bridgehead atoms. The maximum absolute atomic E-state index is 11.7. The second-order valence-electron chi connectivity index (χ2n) is 6.25. The van der Waals surface area contributed by atoms with E-state index in [1.54, 1.807) is 0 Å². The van der Waals surface area contributed by atoms with E-state index in [0.717, 1.165) is 0 Å². The highest BCUT2D eigenvalue weighted by molar-refractivity contribution is 7.91. The standard InChI is InChI=1S/C12H24N2O3S/c1-12(2,3)10(13)6-11(15)14-7-9-4-5-18(16,17)8-9/h9-10H,4-8,13H2,1-3H3,(H,14,15). The number of hydrogen-bond acceptors (Lipinski definition) is 4. The molecule has 0 aromatic carbocycles. The third-order valence-electron chi connectivity index (χ3n) is 3.43. The van der Waals surface area contributed by atoms with Crippen molar-refractivity contribution in [3.8, 4) is 0 Å². The van der Waals surface area contributed by atoms with E-state index in [2.05, 4.69) is 5.32 Å². The highest BCUT2D eigenvalue weighted by Crippen LogP contribution is 2.20. The van der Waals surface area contributed by atoms with E-state index in [-0.39, 0.29) is 41.2 Å². The first kappa shape index (κ1) is 15.4. The Morgan fingerprint density at radius 2 is 2.06 bits per heavy atom. The molecule has 1 aliphatic heterocycles. The maximum Gasteiger partial charge on any atom is 0.221 e. The maximum atomic E-state index is 11.7. The molecule has 0 aromatic rings. The van der Waals surface area contributed by atoms with Gasteiger partial charge in [0.05, 0.1) is 11.5 Å². The molecule has 0 aliphatic carbocycles. The van der Waals surface area contributed by atoms with E-state index >= 15 is 0 Å². The normalized spacial score (nSPS) is 24.8. The van der Waals surface area contributed by atoms with Crippen molar-refractivity contribution in [1.82, 2.24) is 5.32 Å². The molecular weight excluding hydrogens is 252 g/mol. The molecule has 18 heavy (non-hydrogen) atoms. The third kappa shape index (κ3) is 4.94. The number of carbonyl (C=O) groups excluding carboxylic acids is 1. The van der Waals surface area contributed by atoms with Gasteiger partial charge >= 0.3 is 0 Å². The molecule has 1 amide bonds. The van der Waals surface area contributed by atoms with Crippen molar-refractivity contribution in [3.05, 3.63) is 0 Å². The highest BCUT2D eigenvalue weighted by Gasteiger charge is 2.28. The van der Waals surface area contributed by atoms with Crippen LogP contribution < -0.4 is 11.1 Å². The summed E-state index contributed by atoms with van der Waals surface area (Å²) in [7, 11) is -2.87. The Bertz CT molecular complexity index is 398. The fraction of sp³-hybridized carbons (Fsp3) is 0.917. The molecule has 5 nitrogen and oxygen atoms in total. The lowest BCUT2D eigenvalue weighted by atomic mass is 9.85. The summed E-state index contributed by atoms with van der Waals surface area (Å²) in [5.41, 5.74) is 5.82. The lowest BCUT2D eigenvalue weighted by Crippen LogP contribution is -2.41. The minimum absolute atomic E-state index is 0.0600. The van der Waals surface area contributed by atoms with E-state index in [1.807, 2.05) is 20.8 Å². The predicted molar refractivity (Wildman–Crippen MR) is 71.8 cm³/mol. The highest BCUT2D eigenvalue weighted by atomic mass is 32.2. The molecule has 0 radical (unpaired) electrons. The summed E-state index contributed by atoms with van der Waals surface area (Å²) < 4.78 is 22.5. The average Bonchev–Trinajstić information content (AvgIpc) is 2.54. The smallest absolute Gasteiger partial charge is 0.221 e. The third-order valence-corrected chi connectivity index (χ3v) is 5.27. The molecule has 1 aliphatic rings. The summed E-state index contributed by atoms with van der Waals surface area (Å²) in [6, 6.07) is -0.190. The Kier molecular flexibility index (Phi) is 4.78. The van der Waals surface area contributed by atoms with Crippen LogP contribution in [0.3, 0.4) is 0 Å². The van der Waals surface area contributed by atoms with Gasteiger partial charge in [0, 0.05) is 19.0 Å². The summed E-state index contributed by atoms with van der Waals surface area (Å²) in [4.78, 5) is 11.7. The molecule has 2 unspecified atom stereocenters. The van der Waals surface area contributed by atoms with Crippen LogP contribution in [-0.4, -0.2) is 38.4 Å². The summed E-state index contributed by atoms with van der Waals surface area (Å²) in [6.45, 7) is 6.42. The molecule has 1 fully saturated rings. The van der Waals surface area contributed by atoms with Crippen LogP contribution >= 0.6 is 0 Å². The van der Waals surface area contributed by atoms with Crippen LogP contribution in [0.25, 0.3) is 0 Å². The second-order valence-corrected chi connectivity index (χ2v) is 8.48. The van der Waals surface area contributed by atoms with Gasteiger partial charge in [-0.3, -0.25) is 4.79 Å². The van der Waals surface area contributed by atoms with E-state index in [1.165, 1.54) is 0 Å². The fourth-order valence-corrected chi connectivity index (χ4v) is 3.73. The first-order valence-corrected chi connectivity index (χ1v) is 8.15. The summed E-state index contributed by atoms with van der Waals surface area (Å²) in [5, 5.41) is 2.78. The minimum atomic E-state index is -2.87. The Labute approximate surface area is 109 Å². The van der Waals surface area contributed by atoms with Gasteiger partial charge in [-0.25, -0.2) is 8.42 Å². The van der Waals surface area contributed by atoms with Gasteiger partial charge in [0.2, 0.25) is 5.91 Å². The predicted octanol–water partition coefficient (Wildman–Crippen LogP) is 0.301. The summed E-state index contributed by atoms with van der Waals surface area (Å²) >= 11 is 0. The molecule has 1 heterocycles. The number of amides is 1. The monoisotopic (exact) mass is 276 g/mol. The second kappa shape index (κ2) is 5.57. The number of nitrogens with one attached hydrogen (secondary N) is 1. The van der Waals surface area contributed by atoms with Gasteiger partial charge in [0.25, 0.3) is 0 Å². The van der Waals surface area contributed by atoms with Gasteiger partial charge in [-0.2, -0.15) is 0 Å². The zero-order valence-corrected chi connectivity index (χ0v) is 12.2. The molecular formula is C12H24N2O3S. The van der Waals surface area contributed by atoms with Crippen LogP contribution in [0.1, 0.15) is 33.6 Å². The number of carbonyl (C=O) groups is 1. The van der Waals surface area contributed by atoms with E-state index in [0.29, 0.717) is 13.0 Å². The molecule has 1 saturated heterocycles. The Morgan fingerprint density at radius 1 is 1.44 bits per heavy atom. The number of nitrogens with two attached hydrogens (primary N) is 1. The van der Waals surface area contributed by atoms with Gasteiger partial charge in [0.15, 0.2) is 9.84 Å². The van der Waals surface area contributed by atoms with Gasteiger partial charge in [0.1, 0.15) is 0 Å². The minimum Gasteiger partial charge on any atom is -0.356 e. The SMILES string of the molecule is CC(C)(C)C(N)CC(=O)NCC1CCS(=O)(=O)C1. The zero-order chi connectivity index (χ0) is 14.0. The first-order chi connectivity index (χ1) is 8.10. The van der Waals surface area contributed by atoms with Gasteiger partial charge in [-0.15, -0.1) is 0 Å². The fourth-order valence-electron chi connectivity index (χ4n) is 1.87. The molecule has 1 rings (SSSR count). The molecule has 2 atom stereocenters. The molecule has 0 aromatic heterocycles. The van der Waals surface area contributed by atoms with Crippen molar-refractivity contribution in [3.63, 3.8) is 0 Å². The number of sulfone groups is 1. The van der Waals surface area contributed by atoms with Gasteiger partial charge < -0.3 is 11.1 Å². The van der Waals surface area contributed by atoms with Crippen molar-refractivity contribution < 1.29 is 13.2 Å². The van der Waals surface area contributed by atoms with Crippen LogP contribution in [0, 0.1) is 11.3 Å². The van der Waals surface area contributed by atoms with E-state index in [4.69, 9.17) is 5.73 Å². The summed E-state index contributed by atoms with van der Waals surface area (Å²) in [5.74, 6) is 0.403. The Hall–Kier alpha value is -0.620. The van der Waals surface area contributed by atoms with Crippen LogP contribution in [0.2, 0.25) is 0 Å². The van der Waals surface area contributed by atoms with Crippen molar-refractivity contribution >= 4 is 15.7 Å². The van der Waals surface area contributed by atoms with Crippen LogP contribution in [0.4, 0.5) is 0 Å². The zero-order valence-electron chi connectivity index (χ0n) is 11.4. The van der Waals surface area contributed by atoms with Crippen molar-refractivity contribution in [2.75, 3.05) is 18.1 Å². The van der Waals surface area contributed by atoms with E-state index in [9.17, 15) is 13.2 Å². The lowest BCUT2D eigenvalue weighted by Gasteiger charge is -2.26. The topological polar surface area (TPSA) is 89.3 Å². The quantitative estimate of drug-likeness (QED) is 0.773. The van der Waals surface area contributed by atoms with E-state index < -0.39 is 9.84 Å². The number of rotatable bonds is 4. The molecule has 0 spiro atoms. The lowest BCUT2D eigenvalue weighted by molar-refractivity contribution is -0.122. The largest absolute Gasteiger partial charge is 0.356 e. The van der Waals surface area contributed by atoms with Crippen LogP contribution in [-0.2, 0) is 14.6 Å². The first-order valence-electron chi connectivity index (χ1n) is 6.33. The van der Waals surface area contributed by atoms with Crippen molar-refractivity contribution in [2.24, 2.45) is 17.1 Å². The molecule has 106 valence electrons. The molecule has 6 heteroatoms. The number of hydrogen-bond donors (Lipinski definition) is 2. The average molecular weight is 276 g/mol. The Balaban J connectivity index is 2.30. The van der Waals surface area contributed by atoms with Crippen LogP contribution in [0.15, 0.2) is 0 Å².